The van der Waals surface area contributed by atoms with Gasteiger partial charge in [0.05, 0.1) is 13.2 Å². The molecule has 1 aromatic carbocycles. The minimum Gasteiger partial charge on any atom is -0.493 e. The van der Waals surface area contributed by atoms with Crippen LogP contribution < -0.4 is 15.2 Å². The molecular formula is C14H16N2O2. The summed E-state index contributed by atoms with van der Waals surface area (Å²) in [6.45, 7) is 2.01. The average molecular weight is 244 g/mol. The van der Waals surface area contributed by atoms with Gasteiger partial charge in [0.15, 0.2) is 0 Å². The first-order chi connectivity index (χ1) is 8.86. The first kappa shape index (κ1) is 11.4. The second kappa shape index (κ2) is 4.51. The molecule has 0 unspecified atom stereocenters. The van der Waals surface area contributed by atoms with Crippen molar-refractivity contribution in [1.82, 2.24) is 0 Å². The largest absolute Gasteiger partial charge is 0.493 e. The van der Waals surface area contributed by atoms with Crippen molar-refractivity contribution in [2.75, 3.05) is 19.8 Å². The molecule has 0 fully saturated rings. The zero-order valence-electron chi connectivity index (χ0n) is 10.3. The van der Waals surface area contributed by atoms with Gasteiger partial charge in [-0.05, 0) is 19.4 Å². The zero-order valence-corrected chi connectivity index (χ0v) is 10.3. The standard InChI is InChI=1S/C14H16N2O2/c15-5-1-2-9-10-3-6-18-14(10)12(8-16)11-4-7-17-13(9)11/h1-7,15H2. The van der Waals surface area contributed by atoms with E-state index in [4.69, 9.17) is 15.2 Å². The summed E-state index contributed by atoms with van der Waals surface area (Å²) < 4.78 is 11.4. The normalized spacial score (nSPS) is 15.6. The van der Waals surface area contributed by atoms with E-state index in [-0.39, 0.29) is 0 Å². The molecule has 0 bridgehead atoms. The SMILES string of the molecule is N#Cc1c2c(c(CCCN)c3c1OCC3)OCC2. The number of benzene rings is 1. The molecule has 0 saturated carbocycles. The Morgan fingerprint density at radius 2 is 1.83 bits per heavy atom. The lowest BCUT2D eigenvalue weighted by Crippen LogP contribution is -2.04. The average Bonchev–Trinajstić information content (AvgIpc) is 3.02. The van der Waals surface area contributed by atoms with Crippen molar-refractivity contribution >= 4 is 0 Å². The van der Waals surface area contributed by atoms with Crippen LogP contribution in [0.5, 0.6) is 11.5 Å². The quantitative estimate of drug-likeness (QED) is 0.870. The van der Waals surface area contributed by atoms with Crippen LogP contribution in [0.4, 0.5) is 0 Å². The van der Waals surface area contributed by atoms with Gasteiger partial charge in [-0.2, -0.15) is 5.26 Å². The molecule has 1 aromatic rings. The molecule has 2 N–H and O–H groups in total. The molecule has 0 aromatic heterocycles. The predicted molar refractivity (Wildman–Crippen MR) is 66.9 cm³/mol. The van der Waals surface area contributed by atoms with Gasteiger partial charge in [0, 0.05) is 29.5 Å². The summed E-state index contributed by atoms with van der Waals surface area (Å²) in [6.07, 6.45) is 3.54. The summed E-state index contributed by atoms with van der Waals surface area (Å²) in [6, 6.07) is 2.28. The van der Waals surface area contributed by atoms with Crippen molar-refractivity contribution in [3.8, 4) is 17.6 Å². The Morgan fingerprint density at radius 3 is 2.56 bits per heavy atom. The highest BCUT2D eigenvalue weighted by Crippen LogP contribution is 2.44. The molecule has 4 heteroatoms. The van der Waals surface area contributed by atoms with Gasteiger partial charge in [0.1, 0.15) is 23.1 Å². The summed E-state index contributed by atoms with van der Waals surface area (Å²) in [5, 5.41) is 9.33. The fraction of sp³-hybridized carbons (Fsp3) is 0.500. The van der Waals surface area contributed by atoms with Gasteiger partial charge in [-0.25, -0.2) is 0 Å². The summed E-state index contributed by atoms with van der Waals surface area (Å²) in [5.74, 6) is 1.73. The smallest absolute Gasteiger partial charge is 0.141 e. The van der Waals surface area contributed by atoms with E-state index in [1.54, 1.807) is 0 Å². The molecule has 3 rings (SSSR count). The number of hydrogen-bond donors (Lipinski definition) is 1. The van der Waals surface area contributed by atoms with E-state index in [9.17, 15) is 5.26 Å². The highest BCUT2D eigenvalue weighted by atomic mass is 16.5. The van der Waals surface area contributed by atoms with Crippen molar-refractivity contribution in [2.24, 2.45) is 5.73 Å². The lowest BCUT2D eigenvalue weighted by molar-refractivity contribution is 0.352. The molecule has 0 spiro atoms. The van der Waals surface area contributed by atoms with Crippen LogP contribution in [0.1, 0.15) is 28.7 Å². The van der Waals surface area contributed by atoms with Crippen molar-refractivity contribution in [1.29, 1.82) is 5.26 Å². The maximum atomic E-state index is 9.33. The van der Waals surface area contributed by atoms with Crippen molar-refractivity contribution in [2.45, 2.75) is 25.7 Å². The second-order valence-corrected chi connectivity index (χ2v) is 4.67. The van der Waals surface area contributed by atoms with E-state index in [0.29, 0.717) is 25.3 Å². The highest BCUT2D eigenvalue weighted by molar-refractivity contribution is 5.65. The first-order valence-electron chi connectivity index (χ1n) is 6.43. The van der Waals surface area contributed by atoms with E-state index in [1.165, 1.54) is 11.1 Å². The molecule has 2 heterocycles. The van der Waals surface area contributed by atoms with Crippen molar-refractivity contribution in [3.63, 3.8) is 0 Å². The van der Waals surface area contributed by atoms with Crippen LogP contribution in [-0.2, 0) is 19.3 Å². The van der Waals surface area contributed by atoms with Crippen LogP contribution in [0.3, 0.4) is 0 Å². The van der Waals surface area contributed by atoms with Gasteiger partial charge in [-0.3, -0.25) is 0 Å². The monoisotopic (exact) mass is 244 g/mol. The lowest BCUT2D eigenvalue weighted by atomic mass is 9.92. The summed E-state index contributed by atoms with van der Waals surface area (Å²) >= 11 is 0. The summed E-state index contributed by atoms with van der Waals surface area (Å²) in [5.41, 5.74) is 9.71. The summed E-state index contributed by atoms with van der Waals surface area (Å²) in [7, 11) is 0. The number of nitrogens with zero attached hydrogens (tertiary/aromatic N) is 1. The van der Waals surface area contributed by atoms with Crippen LogP contribution in [0.15, 0.2) is 0 Å². The molecular weight excluding hydrogens is 228 g/mol. The summed E-state index contributed by atoms with van der Waals surface area (Å²) in [4.78, 5) is 0. The third-order valence-electron chi connectivity index (χ3n) is 3.66. The number of hydrogen-bond acceptors (Lipinski definition) is 4. The van der Waals surface area contributed by atoms with E-state index in [2.05, 4.69) is 6.07 Å². The molecule has 2 aliphatic rings. The fourth-order valence-electron chi connectivity index (χ4n) is 2.87. The van der Waals surface area contributed by atoms with Crippen molar-refractivity contribution < 1.29 is 9.47 Å². The van der Waals surface area contributed by atoms with E-state index >= 15 is 0 Å². The lowest BCUT2D eigenvalue weighted by Gasteiger charge is -2.14. The Morgan fingerprint density at radius 1 is 1.11 bits per heavy atom. The molecule has 4 nitrogen and oxygen atoms in total. The Labute approximate surface area is 106 Å². The maximum absolute atomic E-state index is 9.33. The topological polar surface area (TPSA) is 68.3 Å². The van der Waals surface area contributed by atoms with E-state index < -0.39 is 0 Å². The predicted octanol–water partition coefficient (Wildman–Crippen LogP) is 1.32. The number of nitrogens with two attached hydrogens (primary N) is 1. The Kier molecular flexibility index (Phi) is 2.85. The zero-order chi connectivity index (χ0) is 12.5. The minimum absolute atomic E-state index is 0.669. The van der Waals surface area contributed by atoms with Gasteiger partial charge in [-0.15, -0.1) is 0 Å². The van der Waals surface area contributed by atoms with Gasteiger partial charge in [0.25, 0.3) is 0 Å². The Bertz CT molecular complexity index is 497. The maximum Gasteiger partial charge on any atom is 0.141 e. The number of nitriles is 1. The fourth-order valence-corrected chi connectivity index (χ4v) is 2.87. The van der Waals surface area contributed by atoms with E-state index in [0.717, 1.165) is 42.7 Å². The second-order valence-electron chi connectivity index (χ2n) is 4.67. The van der Waals surface area contributed by atoms with Crippen molar-refractivity contribution in [3.05, 3.63) is 22.3 Å². The Hall–Kier alpha value is -1.73. The van der Waals surface area contributed by atoms with Crippen LogP contribution >= 0.6 is 0 Å². The van der Waals surface area contributed by atoms with Crippen LogP contribution in [-0.4, -0.2) is 19.8 Å². The molecule has 18 heavy (non-hydrogen) atoms. The molecule has 0 amide bonds. The molecule has 0 atom stereocenters. The van der Waals surface area contributed by atoms with E-state index in [1.807, 2.05) is 0 Å². The number of rotatable bonds is 3. The molecule has 0 aliphatic carbocycles. The number of fused-ring (bicyclic) bond motifs is 2. The minimum atomic E-state index is 0.669. The van der Waals surface area contributed by atoms with Gasteiger partial charge >= 0.3 is 0 Å². The molecule has 2 aliphatic heterocycles. The van der Waals surface area contributed by atoms with Gasteiger partial charge in [0.2, 0.25) is 0 Å². The van der Waals surface area contributed by atoms with Gasteiger partial charge < -0.3 is 15.2 Å². The highest BCUT2D eigenvalue weighted by Gasteiger charge is 2.30. The third kappa shape index (κ3) is 1.55. The number of ether oxygens (including phenoxy) is 2. The molecule has 0 radical (unpaired) electrons. The molecule has 0 saturated heterocycles. The van der Waals surface area contributed by atoms with Crippen LogP contribution in [0.25, 0.3) is 0 Å². The van der Waals surface area contributed by atoms with Crippen LogP contribution in [0, 0.1) is 11.3 Å². The van der Waals surface area contributed by atoms with Crippen LogP contribution in [0.2, 0.25) is 0 Å². The Balaban J connectivity index is 2.17. The van der Waals surface area contributed by atoms with Gasteiger partial charge in [-0.1, -0.05) is 0 Å². The molecule has 94 valence electrons. The third-order valence-corrected chi connectivity index (χ3v) is 3.66. The first-order valence-corrected chi connectivity index (χ1v) is 6.43.